The smallest absolute Gasteiger partial charge is 0.120 e. The molecule has 20 heavy (non-hydrogen) atoms. The number of phenolic OH excluding ortho intramolecular Hbond substituents is 1. The maximum atomic E-state index is 10.1. The van der Waals surface area contributed by atoms with E-state index < -0.39 is 0 Å². The summed E-state index contributed by atoms with van der Waals surface area (Å²) in [7, 11) is 0. The van der Waals surface area contributed by atoms with Crippen LogP contribution in [-0.2, 0) is 0 Å². The van der Waals surface area contributed by atoms with Gasteiger partial charge in [-0.25, -0.2) is 0 Å². The van der Waals surface area contributed by atoms with Gasteiger partial charge >= 0.3 is 0 Å². The Morgan fingerprint density at radius 1 is 1.30 bits per heavy atom. The molecular weight excluding hydrogens is 314 g/mol. The van der Waals surface area contributed by atoms with E-state index in [0.717, 1.165) is 23.0 Å². The van der Waals surface area contributed by atoms with Crippen LogP contribution in [0.4, 0.5) is 0 Å². The van der Waals surface area contributed by atoms with Crippen molar-refractivity contribution in [1.29, 1.82) is 0 Å². The summed E-state index contributed by atoms with van der Waals surface area (Å²) in [4.78, 5) is 0. The van der Waals surface area contributed by atoms with Crippen molar-refractivity contribution in [2.75, 3.05) is 6.54 Å². The molecule has 0 heterocycles. The van der Waals surface area contributed by atoms with Gasteiger partial charge in [-0.2, -0.15) is 0 Å². The van der Waals surface area contributed by atoms with E-state index in [1.807, 2.05) is 12.1 Å². The third kappa shape index (κ3) is 3.56. The van der Waals surface area contributed by atoms with E-state index in [-0.39, 0.29) is 6.04 Å². The molecule has 0 radical (unpaired) electrons. The lowest BCUT2D eigenvalue weighted by molar-refractivity contribution is 0.253. The predicted octanol–water partition coefficient (Wildman–Crippen LogP) is 5.17. The van der Waals surface area contributed by atoms with Gasteiger partial charge in [0.05, 0.1) is 0 Å². The highest BCUT2D eigenvalue weighted by molar-refractivity contribution is 9.10. The van der Waals surface area contributed by atoms with Gasteiger partial charge in [0.1, 0.15) is 5.75 Å². The average molecular weight is 340 g/mol. The Bertz CT molecular complexity index is 441. The molecule has 0 amide bonds. The highest BCUT2D eigenvalue weighted by Crippen LogP contribution is 2.41. The third-order valence-electron chi connectivity index (χ3n) is 4.91. The average Bonchev–Trinajstić information content (AvgIpc) is 2.92. The maximum Gasteiger partial charge on any atom is 0.120 e. The summed E-state index contributed by atoms with van der Waals surface area (Å²) in [6.45, 7) is 5.55. The zero-order chi connectivity index (χ0) is 14.6. The van der Waals surface area contributed by atoms with Crippen molar-refractivity contribution in [1.82, 2.24) is 5.32 Å². The van der Waals surface area contributed by atoms with Crippen molar-refractivity contribution >= 4 is 15.9 Å². The minimum absolute atomic E-state index is 0.233. The molecule has 0 saturated heterocycles. The molecule has 2 rings (SSSR count). The Morgan fingerprint density at radius 3 is 2.60 bits per heavy atom. The van der Waals surface area contributed by atoms with Gasteiger partial charge in [0, 0.05) is 22.6 Å². The molecule has 0 spiro atoms. The van der Waals surface area contributed by atoms with E-state index in [2.05, 4.69) is 35.1 Å². The van der Waals surface area contributed by atoms with Crippen LogP contribution in [0.25, 0.3) is 0 Å². The molecule has 1 fully saturated rings. The fraction of sp³-hybridized carbons (Fsp3) is 0.647. The molecule has 1 atom stereocenters. The van der Waals surface area contributed by atoms with Crippen molar-refractivity contribution in [3.8, 4) is 5.75 Å². The van der Waals surface area contributed by atoms with Gasteiger partial charge in [-0.1, -0.05) is 42.6 Å². The first kappa shape index (κ1) is 15.8. The molecule has 0 aromatic heterocycles. The van der Waals surface area contributed by atoms with Crippen LogP contribution in [-0.4, -0.2) is 11.7 Å². The van der Waals surface area contributed by atoms with Gasteiger partial charge < -0.3 is 10.4 Å². The number of nitrogens with one attached hydrogen (secondary N) is 1. The van der Waals surface area contributed by atoms with Crippen LogP contribution in [0.1, 0.15) is 64.0 Å². The minimum Gasteiger partial charge on any atom is -0.508 e. The van der Waals surface area contributed by atoms with Crippen molar-refractivity contribution in [2.24, 2.45) is 5.41 Å². The fourth-order valence-corrected chi connectivity index (χ4v) is 3.78. The molecule has 1 aliphatic carbocycles. The Labute approximate surface area is 131 Å². The van der Waals surface area contributed by atoms with Crippen LogP contribution in [0.2, 0.25) is 0 Å². The molecule has 0 bridgehead atoms. The van der Waals surface area contributed by atoms with Crippen molar-refractivity contribution in [3.05, 3.63) is 28.2 Å². The van der Waals surface area contributed by atoms with E-state index >= 15 is 0 Å². The first-order valence-corrected chi connectivity index (χ1v) is 8.61. The number of benzene rings is 1. The zero-order valence-electron chi connectivity index (χ0n) is 12.6. The first-order valence-electron chi connectivity index (χ1n) is 7.82. The van der Waals surface area contributed by atoms with Crippen LogP contribution in [0.5, 0.6) is 5.75 Å². The first-order chi connectivity index (χ1) is 9.60. The maximum absolute atomic E-state index is 10.1. The van der Waals surface area contributed by atoms with Crippen LogP contribution in [0.15, 0.2) is 22.7 Å². The van der Waals surface area contributed by atoms with E-state index in [1.54, 1.807) is 6.07 Å². The summed E-state index contributed by atoms with van der Waals surface area (Å²) >= 11 is 3.50. The van der Waals surface area contributed by atoms with Crippen molar-refractivity contribution < 1.29 is 5.11 Å². The SMILES string of the molecule is CCC(NCC1(CC)CCCC1)c1cc(Br)ccc1O. The molecule has 112 valence electrons. The Balaban J connectivity index is 2.07. The molecule has 1 aromatic rings. The Kier molecular flexibility index (Phi) is 5.50. The molecule has 0 aliphatic heterocycles. The Hall–Kier alpha value is -0.540. The van der Waals surface area contributed by atoms with E-state index in [1.165, 1.54) is 32.1 Å². The van der Waals surface area contributed by atoms with Gasteiger partial charge in [-0.15, -0.1) is 0 Å². The predicted molar refractivity (Wildman–Crippen MR) is 88.0 cm³/mol. The van der Waals surface area contributed by atoms with E-state index in [9.17, 15) is 5.11 Å². The molecule has 1 unspecified atom stereocenters. The van der Waals surface area contributed by atoms with Gasteiger partial charge in [0.2, 0.25) is 0 Å². The summed E-state index contributed by atoms with van der Waals surface area (Å²) in [6, 6.07) is 5.92. The number of phenols is 1. The van der Waals surface area contributed by atoms with E-state index in [0.29, 0.717) is 11.2 Å². The normalized spacial score (nSPS) is 19.1. The number of halogens is 1. The van der Waals surface area contributed by atoms with Crippen LogP contribution in [0, 0.1) is 5.41 Å². The quantitative estimate of drug-likeness (QED) is 0.749. The van der Waals surface area contributed by atoms with Crippen LogP contribution < -0.4 is 5.32 Å². The molecule has 2 nitrogen and oxygen atoms in total. The molecule has 1 aliphatic rings. The minimum atomic E-state index is 0.233. The largest absolute Gasteiger partial charge is 0.508 e. The second kappa shape index (κ2) is 6.95. The summed E-state index contributed by atoms with van der Waals surface area (Å²) in [5.74, 6) is 0.393. The summed E-state index contributed by atoms with van der Waals surface area (Å²) in [5, 5.41) is 13.8. The molecule has 3 heteroatoms. The summed E-state index contributed by atoms with van der Waals surface area (Å²) in [5.41, 5.74) is 1.49. The van der Waals surface area contributed by atoms with Gasteiger partial charge in [0.15, 0.2) is 0 Å². The van der Waals surface area contributed by atoms with Crippen molar-refractivity contribution in [3.63, 3.8) is 0 Å². The fourth-order valence-electron chi connectivity index (χ4n) is 3.40. The molecular formula is C17H26BrNO. The standard InChI is InChI=1S/C17H26BrNO/c1-3-15(14-11-13(18)7-8-16(14)20)19-12-17(4-2)9-5-6-10-17/h7-8,11,15,19-20H,3-6,9-10,12H2,1-2H3. The lowest BCUT2D eigenvalue weighted by Gasteiger charge is -2.31. The summed E-state index contributed by atoms with van der Waals surface area (Å²) < 4.78 is 1.02. The second-order valence-electron chi connectivity index (χ2n) is 6.11. The van der Waals surface area contributed by atoms with Gasteiger partial charge in [-0.3, -0.25) is 0 Å². The van der Waals surface area contributed by atoms with E-state index in [4.69, 9.17) is 0 Å². The number of rotatable bonds is 6. The zero-order valence-corrected chi connectivity index (χ0v) is 14.2. The molecule has 1 saturated carbocycles. The van der Waals surface area contributed by atoms with Crippen molar-refractivity contribution in [2.45, 2.75) is 58.4 Å². The number of hydrogen-bond acceptors (Lipinski definition) is 2. The number of hydrogen-bond donors (Lipinski definition) is 2. The molecule has 1 aromatic carbocycles. The van der Waals surface area contributed by atoms with Crippen LogP contribution >= 0.6 is 15.9 Å². The third-order valence-corrected chi connectivity index (χ3v) is 5.40. The second-order valence-corrected chi connectivity index (χ2v) is 7.02. The van der Waals surface area contributed by atoms with Crippen LogP contribution in [0.3, 0.4) is 0 Å². The number of aromatic hydroxyl groups is 1. The lowest BCUT2D eigenvalue weighted by Crippen LogP contribution is -2.34. The lowest BCUT2D eigenvalue weighted by atomic mass is 9.83. The highest BCUT2D eigenvalue weighted by Gasteiger charge is 2.32. The Morgan fingerprint density at radius 2 is 2.00 bits per heavy atom. The molecule has 2 N–H and O–H groups in total. The summed E-state index contributed by atoms with van der Waals surface area (Å²) in [6.07, 6.45) is 7.67. The topological polar surface area (TPSA) is 32.3 Å². The highest BCUT2D eigenvalue weighted by atomic mass is 79.9. The van der Waals surface area contributed by atoms with Gasteiger partial charge in [0.25, 0.3) is 0 Å². The van der Waals surface area contributed by atoms with Gasteiger partial charge in [-0.05, 0) is 49.3 Å². The monoisotopic (exact) mass is 339 g/mol.